The third-order valence-corrected chi connectivity index (χ3v) is 4.99. The molecule has 1 aliphatic rings. The molecule has 2 atom stereocenters. The Bertz CT molecular complexity index is 790. The van der Waals surface area contributed by atoms with Crippen molar-refractivity contribution in [3.05, 3.63) is 71.3 Å². The van der Waals surface area contributed by atoms with Gasteiger partial charge in [0.15, 0.2) is 0 Å². The van der Waals surface area contributed by atoms with Crippen molar-refractivity contribution in [3.8, 4) is 0 Å². The molecule has 0 aliphatic carbocycles. The summed E-state index contributed by atoms with van der Waals surface area (Å²) >= 11 is 0. The van der Waals surface area contributed by atoms with E-state index in [-0.39, 0.29) is 25.0 Å². The van der Waals surface area contributed by atoms with Gasteiger partial charge in [-0.3, -0.25) is 9.59 Å². The number of carboxylic acid groups (broad SMARTS) is 1. The van der Waals surface area contributed by atoms with Crippen LogP contribution in [0.4, 0.5) is 0 Å². The molecule has 1 amide bonds. The number of benzene rings is 2. The Morgan fingerprint density at radius 1 is 1.15 bits per heavy atom. The Morgan fingerprint density at radius 3 is 2.58 bits per heavy atom. The summed E-state index contributed by atoms with van der Waals surface area (Å²) in [5.41, 5.74) is 1.73. The molecule has 1 heterocycles. The molecular weight excluding hydrogens is 330 g/mol. The maximum atomic E-state index is 12.4. The molecule has 5 heteroatoms. The number of nitrogens with one attached hydrogen (secondary N) is 1. The predicted octanol–water partition coefficient (Wildman–Crippen LogP) is 2.85. The minimum absolute atomic E-state index is 0.0273. The Labute approximate surface area is 153 Å². The quantitative estimate of drug-likeness (QED) is 0.837. The lowest BCUT2D eigenvalue weighted by atomic mass is 9.82. The molecule has 0 aromatic heterocycles. The van der Waals surface area contributed by atoms with Crippen LogP contribution in [0.5, 0.6) is 0 Å². The number of hydrogen-bond donors (Lipinski definition) is 2. The number of carbonyl (C=O) groups is 2. The molecule has 136 valence electrons. The van der Waals surface area contributed by atoms with Crippen LogP contribution in [-0.4, -0.2) is 30.1 Å². The van der Waals surface area contributed by atoms with E-state index in [1.807, 2.05) is 24.3 Å². The van der Waals surface area contributed by atoms with Crippen molar-refractivity contribution in [2.45, 2.75) is 31.3 Å². The Kier molecular flexibility index (Phi) is 5.38. The van der Waals surface area contributed by atoms with Crippen molar-refractivity contribution >= 4 is 11.9 Å². The number of aliphatic carboxylic acids is 1. The van der Waals surface area contributed by atoms with Crippen LogP contribution in [0.2, 0.25) is 0 Å². The van der Waals surface area contributed by atoms with Crippen LogP contribution in [0.3, 0.4) is 0 Å². The predicted molar refractivity (Wildman–Crippen MR) is 97.9 cm³/mol. The minimum atomic E-state index is -1.18. The molecule has 0 fully saturated rings. The second-order valence-electron chi connectivity index (χ2n) is 6.79. The van der Waals surface area contributed by atoms with Gasteiger partial charge in [0.05, 0.1) is 19.1 Å². The van der Waals surface area contributed by atoms with Gasteiger partial charge in [-0.05, 0) is 30.0 Å². The second-order valence-corrected chi connectivity index (χ2v) is 6.79. The fourth-order valence-corrected chi connectivity index (χ4v) is 3.27. The lowest BCUT2D eigenvalue weighted by Crippen LogP contribution is -2.44. The highest BCUT2D eigenvalue weighted by molar-refractivity contribution is 5.83. The number of fused-ring (bicyclic) bond motifs is 1. The number of rotatable bonds is 6. The van der Waals surface area contributed by atoms with Gasteiger partial charge in [-0.2, -0.15) is 0 Å². The lowest BCUT2D eigenvalue weighted by Gasteiger charge is -2.28. The first-order valence-corrected chi connectivity index (χ1v) is 8.76. The standard InChI is InChI=1S/C21H23NO4/c1-21(20(24)25,16-8-3-2-4-9-16)14-22-19(23)13-18-17-10-6-5-7-15(17)11-12-26-18/h2-10,18H,11-14H2,1H3,(H,22,23)(H,24,25). The molecule has 26 heavy (non-hydrogen) atoms. The van der Waals surface area contributed by atoms with E-state index < -0.39 is 11.4 Å². The maximum absolute atomic E-state index is 12.4. The molecule has 0 bridgehead atoms. The highest BCUT2D eigenvalue weighted by Crippen LogP contribution is 2.29. The van der Waals surface area contributed by atoms with E-state index in [0.717, 1.165) is 12.0 Å². The third-order valence-electron chi connectivity index (χ3n) is 4.99. The normalized spacial score (nSPS) is 18.4. The van der Waals surface area contributed by atoms with E-state index in [4.69, 9.17) is 4.74 Å². The average Bonchev–Trinajstić information content (AvgIpc) is 2.67. The summed E-state index contributed by atoms with van der Waals surface area (Å²) in [6, 6.07) is 16.9. The van der Waals surface area contributed by atoms with Crippen molar-refractivity contribution in [2.75, 3.05) is 13.2 Å². The molecule has 0 radical (unpaired) electrons. The lowest BCUT2D eigenvalue weighted by molar-refractivity contribution is -0.143. The largest absolute Gasteiger partial charge is 0.481 e. The van der Waals surface area contributed by atoms with Gasteiger partial charge < -0.3 is 15.2 Å². The Hall–Kier alpha value is -2.66. The van der Waals surface area contributed by atoms with E-state index in [0.29, 0.717) is 12.2 Å². The van der Waals surface area contributed by atoms with Crippen LogP contribution in [0, 0.1) is 0 Å². The van der Waals surface area contributed by atoms with Crippen molar-refractivity contribution in [3.63, 3.8) is 0 Å². The van der Waals surface area contributed by atoms with Gasteiger partial charge in [0.2, 0.25) is 5.91 Å². The average molecular weight is 353 g/mol. The minimum Gasteiger partial charge on any atom is -0.481 e. The third kappa shape index (κ3) is 3.78. The first-order valence-electron chi connectivity index (χ1n) is 8.76. The molecule has 0 saturated carbocycles. The number of carbonyl (C=O) groups excluding carboxylic acids is 1. The number of hydrogen-bond acceptors (Lipinski definition) is 3. The Balaban J connectivity index is 1.66. The molecule has 2 unspecified atom stereocenters. The zero-order chi connectivity index (χ0) is 18.6. The van der Waals surface area contributed by atoms with Crippen LogP contribution >= 0.6 is 0 Å². The zero-order valence-electron chi connectivity index (χ0n) is 14.8. The molecule has 0 saturated heterocycles. The molecule has 2 N–H and O–H groups in total. The maximum Gasteiger partial charge on any atom is 0.315 e. The topological polar surface area (TPSA) is 75.6 Å². The smallest absolute Gasteiger partial charge is 0.315 e. The molecule has 3 rings (SSSR count). The second kappa shape index (κ2) is 7.70. The van der Waals surface area contributed by atoms with Crippen molar-refractivity contribution in [2.24, 2.45) is 0 Å². The van der Waals surface area contributed by atoms with Gasteiger partial charge in [0, 0.05) is 6.54 Å². The van der Waals surface area contributed by atoms with Crippen molar-refractivity contribution in [1.29, 1.82) is 0 Å². The fourth-order valence-electron chi connectivity index (χ4n) is 3.27. The summed E-state index contributed by atoms with van der Waals surface area (Å²) in [4.78, 5) is 24.2. The summed E-state index contributed by atoms with van der Waals surface area (Å²) < 4.78 is 5.76. The van der Waals surface area contributed by atoms with Gasteiger partial charge in [-0.1, -0.05) is 54.6 Å². The highest BCUT2D eigenvalue weighted by Gasteiger charge is 2.35. The molecule has 2 aromatic carbocycles. The van der Waals surface area contributed by atoms with Crippen LogP contribution in [0.25, 0.3) is 0 Å². The molecule has 2 aromatic rings. The van der Waals surface area contributed by atoms with Crippen molar-refractivity contribution < 1.29 is 19.4 Å². The van der Waals surface area contributed by atoms with Crippen LogP contribution in [0.15, 0.2) is 54.6 Å². The highest BCUT2D eigenvalue weighted by atomic mass is 16.5. The van der Waals surface area contributed by atoms with E-state index >= 15 is 0 Å². The monoisotopic (exact) mass is 353 g/mol. The van der Waals surface area contributed by atoms with E-state index in [9.17, 15) is 14.7 Å². The van der Waals surface area contributed by atoms with Crippen LogP contribution in [0.1, 0.15) is 36.1 Å². The first kappa shape index (κ1) is 18.1. The SMILES string of the molecule is CC(CNC(=O)CC1OCCc2ccccc21)(C(=O)O)c1ccccc1. The van der Waals surface area contributed by atoms with E-state index in [1.54, 1.807) is 31.2 Å². The van der Waals surface area contributed by atoms with Gasteiger partial charge in [0.25, 0.3) is 0 Å². The summed E-state index contributed by atoms with van der Waals surface area (Å²) in [5.74, 6) is -1.18. The molecular formula is C21H23NO4. The van der Waals surface area contributed by atoms with Gasteiger partial charge in [0.1, 0.15) is 5.41 Å². The van der Waals surface area contributed by atoms with Gasteiger partial charge >= 0.3 is 5.97 Å². The van der Waals surface area contributed by atoms with Gasteiger partial charge in [-0.15, -0.1) is 0 Å². The van der Waals surface area contributed by atoms with Gasteiger partial charge in [-0.25, -0.2) is 0 Å². The summed E-state index contributed by atoms with van der Waals surface area (Å²) in [6.07, 6.45) is 0.744. The molecule has 0 spiro atoms. The summed E-state index contributed by atoms with van der Waals surface area (Å²) in [7, 11) is 0. The van der Waals surface area contributed by atoms with E-state index in [1.165, 1.54) is 5.56 Å². The van der Waals surface area contributed by atoms with Crippen LogP contribution in [-0.2, 0) is 26.2 Å². The summed E-state index contributed by atoms with van der Waals surface area (Å²) in [6.45, 7) is 2.24. The number of carboxylic acids is 1. The number of amides is 1. The number of ether oxygens (including phenoxy) is 1. The first-order chi connectivity index (χ1) is 12.5. The zero-order valence-corrected chi connectivity index (χ0v) is 14.8. The Morgan fingerprint density at radius 2 is 1.85 bits per heavy atom. The summed E-state index contributed by atoms with van der Waals surface area (Å²) in [5, 5.41) is 12.5. The van der Waals surface area contributed by atoms with Crippen LogP contribution < -0.4 is 5.32 Å². The van der Waals surface area contributed by atoms with E-state index in [2.05, 4.69) is 11.4 Å². The van der Waals surface area contributed by atoms with Crippen molar-refractivity contribution in [1.82, 2.24) is 5.32 Å². The molecule has 1 aliphatic heterocycles. The fraction of sp³-hybridized carbons (Fsp3) is 0.333. The molecule has 5 nitrogen and oxygen atoms in total.